The van der Waals surface area contributed by atoms with Gasteiger partial charge >= 0.3 is 6.36 Å². The predicted molar refractivity (Wildman–Crippen MR) is 71.0 cm³/mol. The number of amides is 1. The van der Waals surface area contributed by atoms with Crippen molar-refractivity contribution in [3.63, 3.8) is 0 Å². The number of para-hydroxylation sites is 1. The lowest BCUT2D eigenvalue weighted by Gasteiger charge is -2.19. The summed E-state index contributed by atoms with van der Waals surface area (Å²) in [5.41, 5.74) is 0.346. The molecule has 0 fully saturated rings. The minimum absolute atomic E-state index is 0.118. The Morgan fingerprint density at radius 3 is 2.64 bits per heavy atom. The largest absolute Gasteiger partial charge is 0.573 e. The molecule has 0 spiro atoms. The second kappa shape index (κ2) is 6.42. The smallest absolute Gasteiger partial charge is 0.405 e. The minimum Gasteiger partial charge on any atom is -0.405 e. The summed E-state index contributed by atoms with van der Waals surface area (Å²) < 4.78 is 41.0. The quantitative estimate of drug-likeness (QED) is 0.871. The van der Waals surface area contributed by atoms with Crippen LogP contribution in [0.25, 0.3) is 0 Å². The van der Waals surface area contributed by atoms with E-state index in [0.29, 0.717) is 5.69 Å². The zero-order valence-corrected chi connectivity index (χ0v) is 11.5. The van der Waals surface area contributed by atoms with Gasteiger partial charge in [0.05, 0.1) is 24.0 Å². The van der Waals surface area contributed by atoms with Gasteiger partial charge in [-0.05, 0) is 12.1 Å². The summed E-state index contributed by atoms with van der Waals surface area (Å²) in [7, 11) is 1.46. The van der Waals surface area contributed by atoms with Crippen LogP contribution in [0.1, 0.15) is 16.1 Å². The lowest BCUT2D eigenvalue weighted by molar-refractivity contribution is -0.274. The number of halogens is 3. The fourth-order valence-electron chi connectivity index (χ4n) is 1.79. The number of hydrogen-bond donors (Lipinski definition) is 0. The van der Waals surface area contributed by atoms with E-state index in [1.54, 1.807) is 0 Å². The number of nitrogens with zero attached hydrogens (tertiary/aromatic N) is 3. The van der Waals surface area contributed by atoms with E-state index < -0.39 is 18.0 Å². The van der Waals surface area contributed by atoms with Gasteiger partial charge in [-0.15, -0.1) is 13.2 Å². The molecule has 22 heavy (non-hydrogen) atoms. The number of hydrogen-bond acceptors (Lipinski definition) is 4. The fourth-order valence-corrected chi connectivity index (χ4v) is 1.79. The molecule has 0 bridgehead atoms. The van der Waals surface area contributed by atoms with E-state index in [1.165, 1.54) is 48.7 Å². The molecule has 2 aromatic rings. The third-order valence-corrected chi connectivity index (χ3v) is 2.71. The van der Waals surface area contributed by atoms with Crippen molar-refractivity contribution in [3.05, 3.63) is 54.1 Å². The third kappa shape index (κ3) is 4.18. The van der Waals surface area contributed by atoms with Crippen molar-refractivity contribution in [2.24, 2.45) is 0 Å². The number of carbonyl (C=O) groups excluding carboxylic acids is 1. The second-order valence-corrected chi connectivity index (χ2v) is 4.40. The normalized spacial score (nSPS) is 11.1. The lowest BCUT2D eigenvalue weighted by Crippen LogP contribution is -2.28. The van der Waals surface area contributed by atoms with Crippen LogP contribution in [0.15, 0.2) is 42.9 Å². The minimum atomic E-state index is -4.86. The van der Waals surface area contributed by atoms with Gasteiger partial charge < -0.3 is 9.64 Å². The molecule has 1 aromatic carbocycles. The SMILES string of the molecule is CN(Cc1cnccn1)C(=O)c1ccccc1OC(F)(F)F. The summed E-state index contributed by atoms with van der Waals surface area (Å²) in [5.74, 6) is -1.14. The maximum Gasteiger partial charge on any atom is 0.573 e. The van der Waals surface area contributed by atoms with Crippen molar-refractivity contribution < 1.29 is 22.7 Å². The Hall–Kier alpha value is -2.64. The van der Waals surface area contributed by atoms with Crippen molar-refractivity contribution >= 4 is 5.91 Å². The average Bonchev–Trinajstić information content (AvgIpc) is 2.46. The van der Waals surface area contributed by atoms with Crippen LogP contribution in [0.2, 0.25) is 0 Å². The van der Waals surface area contributed by atoms with Crippen LogP contribution in [0, 0.1) is 0 Å². The van der Waals surface area contributed by atoms with Crippen molar-refractivity contribution in [1.82, 2.24) is 14.9 Å². The molecule has 2 rings (SSSR count). The summed E-state index contributed by atoms with van der Waals surface area (Å²) >= 11 is 0. The van der Waals surface area contributed by atoms with E-state index in [1.807, 2.05) is 0 Å². The Balaban J connectivity index is 2.18. The number of aromatic nitrogens is 2. The first-order valence-corrected chi connectivity index (χ1v) is 6.22. The Labute approximate surface area is 124 Å². The first-order valence-electron chi connectivity index (χ1n) is 6.22. The van der Waals surface area contributed by atoms with Crippen LogP contribution in [0.3, 0.4) is 0 Å². The van der Waals surface area contributed by atoms with E-state index in [2.05, 4.69) is 14.7 Å². The number of rotatable bonds is 4. The molecular weight excluding hydrogens is 299 g/mol. The molecular formula is C14H12F3N3O2. The lowest BCUT2D eigenvalue weighted by atomic mass is 10.1. The van der Waals surface area contributed by atoms with E-state index in [-0.39, 0.29) is 12.1 Å². The summed E-state index contributed by atoms with van der Waals surface area (Å²) in [4.78, 5) is 21.4. The van der Waals surface area contributed by atoms with E-state index in [0.717, 1.165) is 6.07 Å². The fraction of sp³-hybridized carbons (Fsp3) is 0.214. The molecule has 116 valence electrons. The number of ether oxygens (including phenoxy) is 1. The first-order chi connectivity index (χ1) is 10.4. The van der Waals surface area contributed by atoms with Crippen LogP contribution < -0.4 is 4.74 Å². The summed E-state index contributed by atoms with van der Waals surface area (Å²) in [6.45, 7) is 0.118. The molecule has 0 atom stereocenters. The number of carbonyl (C=O) groups is 1. The van der Waals surface area contributed by atoms with Crippen LogP contribution in [0.5, 0.6) is 5.75 Å². The van der Waals surface area contributed by atoms with Crippen molar-refractivity contribution in [3.8, 4) is 5.75 Å². The molecule has 0 saturated carbocycles. The molecule has 0 radical (unpaired) electrons. The van der Waals surface area contributed by atoms with Gasteiger partial charge in [0, 0.05) is 19.4 Å². The van der Waals surface area contributed by atoms with Crippen LogP contribution in [-0.2, 0) is 6.54 Å². The van der Waals surface area contributed by atoms with Crippen molar-refractivity contribution in [2.45, 2.75) is 12.9 Å². The molecule has 0 N–H and O–H groups in total. The average molecular weight is 311 g/mol. The van der Waals surface area contributed by atoms with Crippen molar-refractivity contribution in [2.75, 3.05) is 7.05 Å². The number of alkyl halides is 3. The molecule has 1 heterocycles. The number of benzene rings is 1. The Morgan fingerprint density at radius 1 is 1.27 bits per heavy atom. The highest BCUT2D eigenvalue weighted by atomic mass is 19.4. The maximum absolute atomic E-state index is 12.4. The van der Waals surface area contributed by atoms with Gasteiger partial charge in [0.25, 0.3) is 5.91 Å². The summed E-state index contributed by atoms with van der Waals surface area (Å²) in [5, 5.41) is 0. The van der Waals surface area contributed by atoms with Gasteiger partial charge in [0.2, 0.25) is 0 Å². The molecule has 0 unspecified atom stereocenters. The van der Waals surface area contributed by atoms with Gasteiger partial charge in [-0.1, -0.05) is 12.1 Å². The molecule has 1 amide bonds. The Bertz CT molecular complexity index is 647. The van der Waals surface area contributed by atoms with Crippen LogP contribution in [0.4, 0.5) is 13.2 Å². The summed E-state index contributed by atoms with van der Waals surface area (Å²) in [6, 6.07) is 5.20. The molecule has 1 aromatic heterocycles. The van der Waals surface area contributed by atoms with Crippen LogP contribution in [-0.4, -0.2) is 34.2 Å². The van der Waals surface area contributed by atoms with Crippen molar-refractivity contribution in [1.29, 1.82) is 0 Å². The molecule has 5 nitrogen and oxygen atoms in total. The van der Waals surface area contributed by atoms with Gasteiger partial charge in [0.1, 0.15) is 5.75 Å². The summed E-state index contributed by atoms with van der Waals surface area (Å²) in [6.07, 6.45) is -0.437. The Kier molecular flexibility index (Phi) is 4.59. The molecule has 0 aliphatic rings. The second-order valence-electron chi connectivity index (χ2n) is 4.40. The van der Waals surface area contributed by atoms with E-state index >= 15 is 0 Å². The highest BCUT2D eigenvalue weighted by Gasteiger charge is 2.33. The van der Waals surface area contributed by atoms with Gasteiger partial charge in [-0.3, -0.25) is 14.8 Å². The molecule has 0 saturated heterocycles. The highest BCUT2D eigenvalue weighted by Crippen LogP contribution is 2.27. The van der Waals surface area contributed by atoms with Gasteiger partial charge in [-0.25, -0.2) is 0 Å². The van der Waals surface area contributed by atoms with E-state index in [9.17, 15) is 18.0 Å². The zero-order chi connectivity index (χ0) is 16.2. The predicted octanol–water partition coefficient (Wildman–Crippen LogP) is 2.65. The highest BCUT2D eigenvalue weighted by molar-refractivity contribution is 5.96. The first kappa shape index (κ1) is 15.7. The topological polar surface area (TPSA) is 55.3 Å². The molecule has 8 heteroatoms. The van der Waals surface area contributed by atoms with Crippen LogP contribution >= 0.6 is 0 Å². The third-order valence-electron chi connectivity index (χ3n) is 2.71. The zero-order valence-electron chi connectivity index (χ0n) is 11.5. The van der Waals surface area contributed by atoms with Gasteiger partial charge in [0.15, 0.2) is 0 Å². The monoisotopic (exact) mass is 311 g/mol. The maximum atomic E-state index is 12.4. The van der Waals surface area contributed by atoms with E-state index in [4.69, 9.17) is 0 Å². The standard InChI is InChI=1S/C14H12F3N3O2/c1-20(9-10-8-18-6-7-19-10)13(21)11-4-2-3-5-12(11)22-14(15,16)17/h2-8H,9H2,1H3. The Morgan fingerprint density at radius 2 is 2.00 bits per heavy atom. The molecule has 0 aliphatic carbocycles. The van der Waals surface area contributed by atoms with Gasteiger partial charge in [-0.2, -0.15) is 0 Å². The molecule has 0 aliphatic heterocycles.